The van der Waals surface area contributed by atoms with Gasteiger partial charge in [0.2, 0.25) is 5.17 Å². The Kier molecular flexibility index (Phi) is 4.43. The molecule has 0 aromatic heterocycles. The molecule has 0 aliphatic carbocycles. The molecule has 0 fully saturated rings. The van der Waals surface area contributed by atoms with Crippen molar-refractivity contribution >= 4 is 39.8 Å². The van der Waals surface area contributed by atoms with Crippen molar-refractivity contribution in [3.63, 3.8) is 0 Å². The van der Waals surface area contributed by atoms with E-state index in [1.165, 1.54) is 16.8 Å². The highest BCUT2D eigenvalue weighted by atomic mass is 32.2. The van der Waals surface area contributed by atoms with Crippen molar-refractivity contribution in [1.29, 1.82) is 5.41 Å². The summed E-state index contributed by atoms with van der Waals surface area (Å²) in [6, 6.07) is 7.81. The van der Waals surface area contributed by atoms with Crippen molar-refractivity contribution in [3.05, 3.63) is 41.0 Å². The summed E-state index contributed by atoms with van der Waals surface area (Å²) in [5, 5.41) is 15.6. The van der Waals surface area contributed by atoms with Crippen LogP contribution in [0.5, 0.6) is 0 Å². The summed E-state index contributed by atoms with van der Waals surface area (Å²) in [7, 11) is 0. The van der Waals surface area contributed by atoms with E-state index >= 15 is 0 Å². The molecule has 2 aliphatic heterocycles. The molecule has 118 valence electrons. The number of carbonyl (C=O) groups is 1. The van der Waals surface area contributed by atoms with Gasteiger partial charge in [0.15, 0.2) is 5.84 Å². The lowest BCUT2D eigenvalue weighted by Crippen LogP contribution is -2.35. The lowest BCUT2D eigenvalue weighted by atomic mass is 10.1. The van der Waals surface area contributed by atoms with Crippen molar-refractivity contribution in [1.82, 2.24) is 5.01 Å². The van der Waals surface area contributed by atoms with E-state index < -0.39 is 0 Å². The second-order valence-electron chi connectivity index (χ2n) is 5.53. The fraction of sp³-hybridized carbons (Fsp3) is 0.294. The van der Waals surface area contributed by atoms with Crippen molar-refractivity contribution in [3.8, 4) is 0 Å². The van der Waals surface area contributed by atoms with E-state index in [1.807, 2.05) is 31.2 Å². The highest BCUT2D eigenvalue weighted by Crippen LogP contribution is 2.29. The van der Waals surface area contributed by atoms with Gasteiger partial charge >= 0.3 is 0 Å². The molecule has 0 saturated carbocycles. The van der Waals surface area contributed by atoms with Gasteiger partial charge in [0.05, 0.1) is 5.57 Å². The Bertz CT molecular complexity index is 746. The molecule has 23 heavy (non-hydrogen) atoms. The van der Waals surface area contributed by atoms with E-state index in [2.05, 4.69) is 17.0 Å². The van der Waals surface area contributed by atoms with Crippen molar-refractivity contribution < 1.29 is 4.79 Å². The van der Waals surface area contributed by atoms with Gasteiger partial charge in [-0.25, -0.2) is 0 Å². The molecule has 1 aromatic carbocycles. The summed E-state index contributed by atoms with van der Waals surface area (Å²) in [6.45, 7) is 4.13. The monoisotopic (exact) mass is 326 g/mol. The van der Waals surface area contributed by atoms with E-state index in [1.54, 1.807) is 6.08 Å². The number of amides is 1. The van der Waals surface area contributed by atoms with Crippen LogP contribution in [0.3, 0.4) is 0 Å². The van der Waals surface area contributed by atoms with Crippen molar-refractivity contribution in [2.24, 2.45) is 10.1 Å². The van der Waals surface area contributed by atoms with Gasteiger partial charge in [-0.15, -0.1) is 0 Å². The first-order chi connectivity index (χ1) is 11.1. The normalized spacial score (nSPS) is 19.0. The predicted molar refractivity (Wildman–Crippen MR) is 95.7 cm³/mol. The minimum Gasteiger partial charge on any atom is -0.282 e. The van der Waals surface area contributed by atoms with Gasteiger partial charge in [0.1, 0.15) is 5.04 Å². The number of nitrogens with one attached hydrogen (secondary N) is 1. The van der Waals surface area contributed by atoms with E-state index in [0.29, 0.717) is 5.17 Å². The number of aryl methyl sites for hydroxylation is 1. The molecule has 1 amide bonds. The Morgan fingerprint density at radius 3 is 2.74 bits per heavy atom. The summed E-state index contributed by atoms with van der Waals surface area (Å²) in [6.07, 6.45) is 4.69. The molecule has 0 spiro atoms. The van der Waals surface area contributed by atoms with Crippen LogP contribution in [0, 0.1) is 12.3 Å². The van der Waals surface area contributed by atoms with Gasteiger partial charge < -0.3 is 0 Å². The summed E-state index contributed by atoms with van der Waals surface area (Å²) < 4.78 is 0. The molecule has 0 bridgehead atoms. The smallest absolute Gasteiger partial charge is 0.282 e. The van der Waals surface area contributed by atoms with Crippen LogP contribution in [0.25, 0.3) is 6.08 Å². The van der Waals surface area contributed by atoms with Gasteiger partial charge in [-0.3, -0.25) is 10.2 Å². The van der Waals surface area contributed by atoms with Crippen LogP contribution >= 0.6 is 11.8 Å². The number of hydrazone groups is 1. The van der Waals surface area contributed by atoms with E-state index in [0.717, 1.165) is 35.4 Å². The quantitative estimate of drug-likeness (QED) is 0.856. The zero-order valence-electron chi connectivity index (χ0n) is 13.2. The van der Waals surface area contributed by atoms with Gasteiger partial charge in [-0.2, -0.15) is 15.1 Å². The third kappa shape index (κ3) is 3.27. The Balaban J connectivity index is 1.88. The van der Waals surface area contributed by atoms with Gasteiger partial charge in [-0.05, 0) is 43.2 Å². The largest absolute Gasteiger partial charge is 0.283 e. The third-order valence-electron chi connectivity index (χ3n) is 3.63. The molecule has 0 unspecified atom stereocenters. The SMILES string of the molecule is CCCCC1=NN2C(=N)/C(=C/c3ccc(C)cc3)C(=O)N=C2S1. The van der Waals surface area contributed by atoms with Gasteiger partial charge in [-0.1, -0.05) is 43.2 Å². The van der Waals surface area contributed by atoms with Crippen LogP contribution in [-0.4, -0.2) is 27.0 Å². The average Bonchev–Trinajstić information content (AvgIpc) is 2.94. The second-order valence-corrected chi connectivity index (χ2v) is 6.57. The first-order valence-corrected chi connectivity index (χ1v) is 8.46. The maximum atomic E-state index is 12.3. The van der Waals surface area contributed by atoms with Gasteiger partial charge in [0.25, 0.3) is 5.91 Å². The molecule has 0 saturated heterocycles. The Hall–Kier alpha value is -2.21. The molecule has 5 nitrogen and oxygen atoms in total. The molecule has 2 heterocycles. The minimum absolute atomic E-state index is 0.0968. The van der Waals surface area contributed by atoms with Crippen molar-refractivity contribution in [2.75, 3.05) is 0 Å². The highest BCUT2D eigenvalue weighted by Gasteiger charge is 2.35. The van der Waals surface area contributed by atoms with E-state index in [4.69, 9.17) is 5.41 Å². The zero-order chi connectivity index (χ0) is 16.4. The average molecular weight is 326 g/mol. The lowest BCUT2D eigenvalue weighted by molar-refractivity contribution is -0.114. The van der Waals surface area contributed by atoms with Crippen LogP contribution < -0.4 is 0 Å². The number of hydrogen-bond acceptors (Lipinski definition) is 4. The molecule has 0 atom stereocenters. The maximum absolute atomic E-state index is 12.3. The number of carbonyl (C=O) groups excluding carboxylic acids is 1. The fourth-order valence-electron chi connectivity index (χ4n) is 2.29. The highest BCUT2D eigenvalue weighted by molar-refractivity contribution is 8.26. The summed E-state index contributed by atoms with van der Waals surface area (Å²) in [5.41, 5.74) is 2.31. The Labute approximate surface area is 139 Å². The molecular weight excluding hydrogens is 308 g/mol. The molecular formula is C17H18N4OS. The van der Waals surface area contributed by atoms with Crippen LogP contribution in [0.2, 0.25) is 0 Å². The number of hydrogen-bond donors (Lipinski definition) is 1. The Morgan fingerprint density at radius 1 is 1.30 bits per heavy atom. The predicted octanol–water partition coefficient (Wildman–Crippen LogP) is 3.80. The molecule has 0 radical (unpaired) electrons. The molecule has 2 aliphatic rings. The molecule has 3 rings (SSSR count). The number of benzene rings is 1. The lowest BCUT2D eigenvalue weighted by Gasteiger charge is -2.20. The van der Waals surface area contributed by atoms with Crippen LogP contribution in [0.4, 0.5) is 0 Å². The number of amidine groups is 2. The first kappa shape index (κ1) is 15.7. The number of rotatable bonds is 4. The maximum Gasteiger partial charge on any atom is 0.283 e. The standard InChI is InChI=1S/C17H18N4OS/c1-3-4-5-14-20-21-15(18)13(16(22)19-17(21)23-14)10-12-8-6-11(2)7-9-12/h6-10,18H,3-5H2,1-2H3/b13-10-,18-15?. The fourth-order valence-corrected chi connectivity index (χ4v) is 3.22. The number of thioether (sulfide) groups is 1. The zero-order valence-corrected chi connectivity index (χ0v) is 14.0. The topological polar surface area (TPSA) is 68.9 Å². The number of nitrogens with zero attached hydrogens (tertiary/aromatic N) is 3. The summed E-state index contributed by atoms with van der Waals surface area (Å²) >= 11 is 1.39. The van der Waals surface area contributed by atoms with Crippen LogP contribution in [-0.2, 0) is 4.79 Å². The first-order valence-electron chi connectivity index (χ1n) is 7.64. The minimum atomic E-state index is -0.374. The summed E-state index contributed by atoms with van der Waals surface area (Å²) in [5.74, 6) is -0.277. The second kappa shape index (κ2) is 6.50. The van der Waals surface area contributed by atoms with Gasteiger partial charge in [0, 0.05) is 0 Å². The van der Waals surface area contributed by atoms with E-state index in [9.17, 15) is 4.79 Å². The number of unbranched alkanes of at least 4 members (excludes halogenated alkanes) is 1. The van der Waals surface area contributed by atoms with E-state index in [-0.39, 0.29) is 17.3 Å². The molecule has 6 heteroatoms. The van der Waals surface area contributed by atoms with Crippen LogP contribution in [0.1, 0.15) is 37.3 Å². The number of aliphatic imine (C=N–C) groups is 1. The summed E-state index contributed by atoms with van der Waals surface area (Å²) in [4.78, 5) is 16.3. The Morgan fingerprint density at radius 2 is 2.04 bits per heavy atom. The molecule has 1 aromatic rings. The third-order valence-corrected chi connectivity index (χ3v) is 4.60. The molecule has 1 N–H and O–H groups in total. The van der Waals surface area contributed by atoms with Crippen LogP contribution in [0.15, 0.2) is 39.9 Å². The number of fused-ring (bicyclic) bond motifs is 1. The van der Waals surface area contributed by atoms with Crippen molar-refractivity contribution in [2.45, 2.75) is 33.1 Å².